The molecule has 0 N–H and O–H groups in total. The lowest BCUT2D eigenvalue weighted by atomic mass is 9.33. The van der Waals surface area contributed by atoms with E-state index in [-0.39, 0.29) is 6.71 Å². The van der Waals surface area contributed by atoms with Gasteiger partial charge in [-0.3, -0.25) is 0 Å². The number of anilines is 6. The maximum Gasteiger partial charge on any atom is 0.252 e. The molecule has 0 amide bonds. The van der Waals surface area contributed by atoms with Gasteiger partial charge in [-0.1, -0.05) is 194 Å². The Kier molecular flexibility index (Phi) is 10.8. The minimum Gasteiger partial charge on any atom is -0.311 e. The van der Waals surface area contributed by atoms with Crippen LogP contribution in [0, 0.1) is 0 Å². The summed E-state index contributed by atoms with van der Waals surface area (Å²) in [6.07, 6.45) is 0. The standard InChI is InChI=1S/C75H47BN6S/c1-5-22-48(23-6-1)73-77-74(49-24-7-2-8-25-49)79-75(78-73)52-40-42-63(82-62-36-17-13-33-58(62)70-66(82)43-41-57-56-32-14-20-39-69(56)83-72(57)70)59(45-52)51-27-21-26-50(44-51)53-46-67-71-68(47-53)81(55-30-11-4-12-31-55)65-38-19-16-35-61(65)76(71)60-34-15-18-37-64(60)80(67)54-28-9-3-10-29-54/h1-47H. The zero-order chi connectivity index (χ0) is 54.5. The van der Waals surface area contributed by atoms with E-state index in [1.807, 2.05) is 47.7 Å². The number of thiophene rings is 1. The highest BCUT2D eigenvalue weighted by molar-refractivity contribution is 7.26. The van der Waals surface area contributed by atoms with Crippen LogP contribution >= 0.6 is 11.3 Å². The Bertz CT molecular complexity index is 4890. The molecule has 17 rings (SSSR count). The molecule has 386 valence electrons. The molecule has 0 unspecified atom stereocenters. The van der Waals surface area contributed by atoms with Gasteiger partial charge in [0.25, 0.3) is 6.71 Å². The fraction of sp³-hybridized carbons (Fsp3) is 0. The average Bonchev–Trinajstić information content (AvgIpc) is 1.65. The van der Waals surface area contributed by atoms with Crippen LogP contribution in [-0.4, -0.2) is 26.2 Å². The Labute approximate surface area is 484 Å². The van der Waals surface area contributed by atoms with Crippen molar-refractivity contribution in [2.75, 3.05) is 9.80 Å². The highest BCUT2D eigenvalue weighted by Crippen LogP contribution is 2.48. The zero-order valence-corrected chi connectivity index (χ0v) is 45.6. The molecule has 0 aliphatic carbocycles. The monoisotopic (exact) mass is 1070 g/mol. The second kappa shape index (κ2) is 19.0. The number of rotatable bonds is 8. The largest absolute Gasteiger partial charge is 0.311 e. The molecule has 83 heavy (non-hydrogen) atoms. The quantitative estimate of drug-likeness (QED) is 0.142. The Morgan fingerprint density at radius 1 is 0.313 bits per heavy atom. The second-order valence-electron chi connectivity index (χ2n) is 21.5. The normalized spacial score (nSPS) is 12.5. The number of aromatic nitrogens is 4. The summed E-state index contributed by atoms with van der Waals surface area (Å²) in [7, 11) is 0. The van der Waals surface area contributed by atoms with Crippen LogP contribution in [0.1, 0.15) is 0 Å². The maximum absolute atomic E-state index is 5.28. The zero-order valence-electron chi connectivity index (χ0n) is 44.8. The predicted octanol–water partition coefficient (Wildman–Crippen LogP) is 17.8. The molecule has 2 aliphatic rings. The van der Waals surface area contributed by atoms with Crippen LogP contribution in [0.2, 0.25) is 0 Å². The SMILES string of the molecule is c1ccc(-c2nc(-c3ccccc3)nc(-c3ccc(-n4c5ccccc5c5c6sc7ccccc7c6ccc54)c(-c4cccc(-c5cc6c7c(c5)N(c5ccccc5)c5ccccc5B7c5ccccc5N6c5ccccc5)c4)c3)n2)cc1. The van der Waals surface area contributed by atoms with E-state index in [0.717, 1.165) is 78.4 Å². The number of fused-ring (bicyclic) bond motifs is 11. The van der Waals surface area contributed by atoms with Crippen molar-refractivity contribution in [3.63, 3.8) is 0 Å². The molecule has 8 heteroatoms. The minimum absolute atomic E-state index is 0.0123. The number of hydrogen-bond donors (Lipinski definition) is 0. The molecule has 5 heterocycles. The van der Waals surface area contributed by atoms with E-state index in [1.54, 1.807) is 0 Å². The number of benzene rings is 12. The topological polar surface area (TPSA) is 50.1 Å². The van der Waals surface area contributed by atoms with Gasteiger partial charge in [-0.25, -0.2) is 15.0 Å². The van der Waals surface area contributed by atoms with Crippen molar-refractivity contribution in [2.45, 2.75) is 0 Å². The van der Waals surface area contributed by atoms with Gasteiger partial charge in [-0.05, 0) is 124 Å². The second-order valence-corrected chi connectivity index (χ2v) is 22.5. The highest BCUT2D eigenvalue weighted by Gasteiger charge is 2.43. The van der Waals surface area contributed by atoms with Gasteiger partial charge in [0.15, 0.2) is 17.5 Å². The van der Waals surface area contributed by atoms with E-state index in [9.17, 15) is 0 Å². The van der Waals surface area contributed by atoms with Crippen LogP contribution in [-0.2, 0) is 0 Å². The van der Waals surface area contributed by atoms with Crippen molar-refractivity contribution in [1.82, 2.24) is 19.5 Å². The smallest absolute Gasteiger partial charge is 0.252 e. The van der Waals surface area contributed by atoms with Crippen molar-refractivity contribution in [1.29, 1.82) is 0 Å². The van der Waals surface area contributed by atoms with Crippen LogP contribution in [0.3, 0.4) is 0 Å². The Balaban J connectivity index is 0.923. The Morgan fingerprint density at radius 3 is 1.47 bits per heavy atom. The molecular weight excluding hydrogens is 1030 g/mol. The van der Waals surface area contributed by atoms with Crippen LogP contribution in [0.15, 0.2) is 285 Å². The number of para-hydroxylation sites is 5. The van der Waals surface area contributed by atoms with Gasteiger partial charge < -0.3 is 14.4 Å². The van der Waals surface area contributed by atoms with E-state index in [4.69, 9.17) is 15.0 Å². The van der Waals surface area contributed by atoms with E-state index in [2.05, 4.69) is 263 Å². The fourth-order valence-electron chi connectivity index (χ4n) is 13.2. The molecule has 0 radical (unpaired) electrons. The first-order valence-electron chi connectivity index (χ1n) is 28.2. The van der Waals surface area contributed by atoms with Crippen molar-refractivity contribution in [2.24, 2.45) is 0 Å². The first-order chi connectivity index (χ1) is 41.2. The molecule has 0 spiro atoms. The maximum atomic E-state index is 5.28. The molecule has 15 aromatic rings. The van der Waals surface area contributed by atoms with Gasteiger partial charge in [0.2, 0.25) is 0 Å². The molecule has 0 saturated carbocycles. The van der Waals surface area contributed by atoms with E-state index in [0.29, 0.717) is 17.5 Å². The summed E-state index contributed by atoms with van der Waals surface area (Å²) in [6, 6.07) is 103. The first-order valence-corrected chi connectivity index (χ1v) is 29.0. The highest BCUT2D eigenvalue weighted by atomic mass is 32.1. The van der Waals surface area contributed by atoms with Crippen molar-refractivity contribution < 1.29 is 0 Å². The molecule has 0 fully saturated rings. The van der Waals surface area contributed by atoms with Crippen LogP contribution < -0.4 is 26.2 Å². The molecule has 2 aliphatic heterocycles. The van der Waals surface area contributed by atoms with Crippen LogP contribution in [0.4, 0.5) is 34.1 Å². The van der Waals surface area contributed by atoms with Crippen molar-refractivity contribution in [3.05, 3.63) is 285 Å². The summed E-state index contributed by atoms with van der Waals surface area (Å²) in [4.78, 5) is 20.6. The molecule has 0 saturated heterocycles. The van der Waals surface area contributed by atoms with Gasteiger partial charge in [0.1, 0.15) is 0 Å². The van der Waals surface area contributed by atoms with Gasteiger partial charge >= 0.3 is 0 Å². The van der Waals surface area contributed by atoms with E-state index >= 15 is 0 Å². The lowest BCUT2D eigenvalue weighted by Crippen LogP contribution is -2.61. The Hall–Kier alpha value is -10.7. The molecular formula is C75H47BN6S. The average molecular weight is 1080 g/mol. The van der Waals surface area contributed by atoms with Crippen LogP contribution in [0.5, 0.6) is 0 Å². The van der Waals surface area contributed by atoms with Gasteiger partial charge in [0, 0.05) is 87.3 Å². The first kappa shape index (κ1) is 47.2. The van der Waals surface area contributed by atoms with Crippen molar-refractivity contribution >= 4 is 111 Å². The third kappa shape index (κ3) is 7.53. The van der Waals surface area contributed by atoms with Gasteiger partial charge in [0.05, 0.1) is 16.7 Å². The molecule has 3 aromatic heterocycles. The van der Waals surface area contributed by atoms with E-state index < -0.39 is 0 Å². The third-order valence-corrected chi connectivity index (χ3v) is 18.0. The van der Waals surface area contributed by atoms with Gasteiger partial charge in [-0.15, -0.1) is 11.3 Å². The fourth-order valence-corrected chi connectivity index (χ4v) is 14.4. The summed E-state index contributed by atoms with van der Waals surface area (Å²) in [5, 5.41) is 5.04. The number of hydrogen-bond acceptors (Lipinski definition) is 6. The molecule has 0 atom stereocenters. The summed E-state index contributed by atoms with van der Waals surface area (Å²) in [6.45, 7) is 0.0123. The van der Waals surface area contributed by atoms with E-state index in [1.165, 1.54) is 58.7 Å². The number of nitrogens with zero attached hydrogens (tertiary/aromatic N) is 6. The van der Waals surface area contributed by atoms with Crippen LogP contribution in [0.25, 0.3) is 104 Å². The summed E-state index contributed by atoms with van der Waals surface area (Å²) >= 11 is 1.88. The lowest BCUT2D eigenvalue weighted by molar-refractivity contribution is 1.07. The summed E-state index contributed by atoms with van der Waals surface area (Å²) in [5.74, 6) is 1.84. The van der Waals surface area contributed by atoms with Crippen molar-refractivity contribution in [3.8, 4) is 62.1 Å². The summed E-state index contributed by atoms with van der Waals surface area (Å²) in [5.41, 5.74) is 21.2. The predicted molar refractivity (Wildman–Crippen MR) is 348 cm³/mol. The summed E-state index contributed by atoms with van der Waals surface area (Å²) < 4.78 is 5.06. The molecule has 12 aromatic carbocycles. The Morgan fingerprint density at radius 2 is 0.831 bits per heavy atom. The lowest BCUT2D eigenvalue weighted by Gasteiger charge is -2.44. The molecule has 6 nitrogen and oxygen atoms in total. The third-order valence-electron chi connectivity index (χ3n) is 16.8. The minimum atomic E-state index is 0.0123. The molecule has 0 bridgehead atoms. The van der Waals surface area contributed by atoms with Gasteiger partial charge in [-0.2, -0.15) is 0 Å².